The molecule has 5 fully saturated rings. The maximum Gasteiger partial charge on any atom is 0.309 e. The molecule has 1 heterocycles. The molecule has 0 amide bonds. The second kappa shape index (κ2) is 9.93. The van der Waals surface area contributed by atoms with Gasteiger partial charge in [0.2, 0.25) is 0 Å². The number of carbonyl (C=O) groups excluding carboxylic acids is 1. The fraction of sp³-hybridized carbons (Fsp3) is 0.966. The Bertz CT molecular complexity index is 906. The van der Waals surface area contributed by atoms with E-state index in [0.29, 0.717) is 24.9 Å². The molecule has 1 aliphatic heterocycles. The van der Waals surface area contributed by atoms with E-state index in [1.54, 1.807) is 0 Å². The lowest BCUT2D eigenvalue weighted by molar-refractivity contribution is -0.315. The number of aliphatic hydroxyl groups excluding tert-OH is 2. The molecule has 0 radical (unpaired) electrons. The van der Waals surface area contributed by atoms with E-state index in [4.69, 9.17) is 30.4 Å². The first-order valence-corrected chi connectivity index (χ1v) is 14.8. The van der Waals surface area contributed by atoms with Crippen LogP contribution in [0.15, 0.2) is 0 Å². The van der Waals surface area contributed by atoms with E-state index in [1.165, 1.54) is 7.11 Å². The Kier molecular flexibility index (Phi) is 7.50. The van der Waals surface area contributed by atoms with Crippen LogP contribution in [0.4, 0.5) is 0 Å². The van der Waals surface area contributed by atoms with E-state index in [9.17, 15) is 15.0 Å². The van der Waals surface area contributed by atoms with Gasteiger partial charge < -0.3 is 40.6 Å². The molecule has 13 unspecified atom stereocenters. The van der Waals surface area contributed by atoms with Crippen molar-refractivity contribution in [2.45, 2.75) is 133 Å². The summed E-state index contributed by atoms with van der Waals surface area (Å²) in [6, 6.07) is 0. The van der Waals surface area contributed by atoms with Gasteiger partial charge in [0.25, 0.3) is 0 Å². The summed E-state index contributed by atoms with van der Waals surface area (Å²) in [5.41, 5.74) is 13.5. The summed E-state index contributed by atoms with van der Waals surface area (Å²) in [7, 11) is 1.48. The lowest BCUT2D eigenvalue weighted by Crippen LogP contribution is -2.72. The average Bonchev–Trinajstić information content (AvgIpc) is 3.16. The van der Waals surface area contributed by atoms with Gasteiger partial charge >= 0.3 is 5.97 Å². The second-order valence-corrected chi connectivity index (χ2v) is 13.5. The molecule has 5 aliphatic rings. The van der Waals surface area contributed by atoms with Gasteiger partial charge in [0, 0.05) is 17.7 Å². The lowest BCUT2D eigenvalue weighted by Gasteiger charge is -2.67. The Morgan fingerprint density at radius 3 is 2.34 bits per heavy atom. The van der Waals surface area contributed by atoms with Crippen LogP contribution in [0.3, 0.4) is 0 Å². The van der Waals surface area contributed by atoms with Gasteiger partial charge in [-0.05, 0) is 94.3 Å². The van der Waals surface area contributed by atoms with Crippen LogP contribution in [0.2, 0.25) is 0 Å². The van der Waals surface area contributed by atoms with Crippen LogP contribution >= 0.6 is 0 Å². The number of methoxy groups -OCH3 is 1. The van der Waals surface area contributed by atoms with Gasteiger partial charge in [0.1, 0.15) is 18.3 Å². The first kappa shape index (κ1) is 28.7. The number of carbonyl (C=O) groups is 1. The Balaban J connectivity index is 1.30. The predicted molar refractivity (Wildman–Crippen MR) is 141 cm³/mol. The molecule has 4 aliphatic carbocycles. The number of hydrogen-bond donors (Lipinski definition) is 4. The van der Waals surface area contributed by atoms with Crippen LogP contribution in [-0.4, -0.2) is 77.8 Å². The standard InChI is InChI=1S/C29H50N2O7/c1-6-36-23-16(2)37-25(22(33)21(23)32)38-17-7-11-26(3)18-8-12-27(4)20(24(34)35-5)10-14-29(27,31)19(18)9-13-28(26,30)15-17/h16-23,25,32-33H,6-15,30-31H2,1-5H3. The Labute approximate surface area is 227 Å². The molecule has 4 saturated carbocycles. The molecular formula is C29H50N2O7. The molecule has 13 atom stereocenters. The fourth-order valence-corrected chi connectivity index (χ4v) is 9.74. The number of ether oxygens (including phenoxy) is 4. The van der Waals surface area contributed by atoms with Crippen molar-refractivity contribution < 1.29 is 34.0 Å². The molecule has 0 bridgehead atoms. The maximum absolute atomic E-state index is 12.7. The molecule has 0 aromatic rings. The molecule has 0 spiro atoms. The second-order valence-electron chi connectivity index (χ2n) is 13.5. The number of hydrogen-bond acceptors (Lipinski definition) is 9. The van der Waals surface area contributed by atoms with Gasteiger partial charge in [0.05, 0.1) is 25.2 Å². The van der Waals surface area contributed by atoms with E-state index >= 15 is 0 Å². The van der Waals surface area contributed by atoms with Crippen molar-refractivity contribution in [2.75, 3.05) is 13.7 Å². The van der Waals surface area contributed by atoms with E-state index in [1.807, 2.05) is 13.8 Å². The van der Waals surface area contributed by atoms with Crippen LogP contribution in [0.5, 0.6) is 0 Å². The summed E-state index contributed by atoms with van der Waals surface area (Å²) in [6.45, 7) is 8.69. The van der Waals surface area contributed by atoms with Crippen molar-refractivity contribution in [3.63, 3.8) is 0 Å². The molecule has 38 heavy (non-hydrogen) atoms. The van der Waals surface area contributed by atoms with Crippen molar-refractivity contribution in [1.29, 1.82) is 0 Å². The summed E-state index contributed by atoms with van der Waals surface area (Å²) in [5, 5.41) is 21.4. The normalized spacial score (nSPS) is 54.5. The average molecular weight is 539 g/mol. The SMILES string of the molecule is CCOC1C(C)OC(OC2CCC3(C)C4CCC5(C)C(C(=O)OC)CCC5(N)C4CCC3(N)C2)C(O)C1O. The highest BCUT2D eigenvalue weighted by atomic mass is 16.7. The fourth-order valence-electron chi connectivity index (χ4n) is 9.74. The van der Waals surface area contributed by atoms with Crippen molar-refractivity contribution in [2.24, 2.45) is 40.1 Å². The third-order valence-corrected chi connectivity index (χ3v) is 12.2. The minimum absolute atomic E-state index is 0.0915. The third kappa shape index (κ3) is 4.02. The smallest absolute Gasteiger partial charge is 0.309 e. The molecule has 1 saturated heterocycles. The minimum Gasteiger partial charge on any atom is -0.469 e. The zero-order chi connectivity index (χ0) is 27.7. The summed E-state index contributed by atoms with van der Waals surface area (Å²) in [5.74, 6) is 0.458. The monoisotopic (exact) mass is 538 g/mol. The van der Waals surface area contributed by atoms with Crippen LogP contribution in [-0.2, 0) is 23.7 Å². The van der Waals surface area contributed by atoms with E-state index in [-0.39, 0.29) is 28.8 Å². The molecular weight excluding hydrogens is 488 g/mol. The Morgan fingerprint density at radius 2 is 1.66 bits per heavy atom. The largest absolute Gasteiger partial charge is 0.469 e. The van der Waals surface area contributed by atoms with Crippen LogP contribution in [0.25, 0.3) is 0 Å². The van der Waals surface area contributed by atoms with Gasteiger partial charge in [-0.1, -0.05) is 13.8 Å². The number of esters is 1. The highest BCUT2D eigenvalue weighted by Gasteiger charge is 2.69. The topological polar surface area (TPSA) is 146 Å². The maximum atomic E-state index is 12.7. The zero-order valence-corrected chi connectivity index (χ0v) is 23.9. The summed E-state index contributed by atoms with van der Waals surface area (Å²) in [6.07, 6.45) is 3.44. The highest BCUT2D eigenvalue weighted by Crippen LogP contribution is 2.68. The van der Waals surface area contributed by atoms with Crippen molar-refractivity contribution in [3.05, 3.63) is 0 Å². The molecule has 0 aromatic carbocycles. The van der Waals surface area contributed by atoms with Gasteiger partial charge in [-0.3, -0.25) is 4.79 Å². The molecule has 9 heteroatoms. The molecule has 9 nitrogen and oxygen atoms in total. The van der Waals surface area contributed by atoms with E-state index in [0.717, 1.165) is 51.4 Å². The van der Waals surface area contributed by atoms with Gasteiger partial charge in [0.15, 0.2) is 6.29 Å². The van der Waals surface area contributed by atoms with Crippen LogP contribution in [0.1, 0.15) is 85.5 Å². The van der Waals surface area contributed by atoms with Crippen LogP contribution < -0.4 is 11.5 Å². The number of nitrogens with two attached hydrogens (primary N) is 2. The van der Waals surface area contributed by atoms with Crippen molar-refractivity contribution >= 4 is 5.97 Å². The Morgan fingerprint density at radius 1 is 0.974 bits per heavy atom. The van der Waals surface area contributed by atoms with E-state index < -0.39 is 41.8 Å². The van der Waals surface area contributed by atoms with Crippen molar-refractivity contribution in [3.8, 4) is 0 Å². The minimum atomic E-state index is -1.18. The molecule has 6 N–H and O–H groups in total. The third-order valence-electron chi connectivity index (χ3n) is 12.2. The van der Waals surface area contributed by atoms with Crippen LogP contribution in [0, 0.1) is 28.6 Å². The molecule has 0 aromatic heterocycles. The highest BCUT2D eigenvalue weighted by molar-refractivity contribution is 5.74. The first-order chi connectivity index (χ1) is 17.8. The molecule has 5 rings (SSSR count). The quantitative estimate of drug-likeness (QED) is 0.306. The summed E-state index contributed by atoms with van der Waals surface area (Å²) >= 11 is 0. The number of rotatable bonds is 5. The van der Waals surface area contributed by atoms with Crippen molar-refractivity contribution in [1.82, 2.24) is 0 Å². The summed E-state index contributed by atoms with van der Waals surface area (Å²) < 4.78 is 23.1. The first-order valence-electron chi connectivity index (χ1n) is 14.8. The van der Waals surface area contributed by atoms with E-state index in [2.05, 4.69) is 13.8 Å². The summed E-state index contributed by atoms with van der Waals surface area (Å²) in [4.78, 5) is 12.7. The predicted octanol–water partition coefficient (Wildman–Crippen LogP) is 2.24. The zero-order valence-electron chi connectivity index (χ0n) is 23.9. The van der Waals surface area contributed by atoms with Gasteiger partial charge in [-0.2, -0.15) is 0 Å². The number of aliphatic hydroxyl groups is 2. The number of fused-ring (bicyclic) bond motifs is 5. The van der Waals surface area contributed by atoms with Gasteiger partial charge in [-0.25, -0.2) is 0 Å². The Hall–Kier alpha value is -0.810. The lowest BCUT2D eigenvalue weighted by atomic mass is 9.41. The van der Waals surface area contributed by atoms with Gasteiger partial charge in [-0.15, -0.1) is 0 Å². The molecule has 218 valence electrons.